The second-order valence-corrected chi connectivity index (χ2v) is 15.9. The zero-order valence-electron chi connectivity index (χ0n) is 37.3. The van der Waals surface area contributed by atoms with Crippen LogP contribution in [0.4, 0.5) is 0 Å². The fraction of sp³-hybridized carbons (Fsp3) is 0.739. The van der Waals surface area contributed by atoms with Crippen LogP contribution in [0.1, 0.15) is 164 Å². The maximum absolute atomic E-state index is 11.7. The lowest BCUT2D eigenvalue weighted by molar-refractivity contribution is -0.161. The van der Waals surface area contributed by atoms with Crippen molar-refractivity contribution in [2.24, 2.45) is 5.41 Å². The van der Waals surface area contributed by atoms with Crippen molar-refractivity contribution in [2.45, 2.75) is 176 Å². The summed E-state index contributed by atoms with van der Waals surface area (Å²) in [5.41, 5.74) is 0.927. The highest BCUT2D eigenvalue weighted by molar-refractivity contribution is 5.87. The standard InChI is InChI=1S/C24H38O9.C12H22O2.C10H16O2/c1-19(2)23(27)32-13-9-5-7-11-21(25)30-17-15-29-16-18-31-22(26)12-8-6-10-14-33-24(28)20(3)4;1-4-12(2,3)11(13)14-10-8-6-5-7-9-10;1-8(2)10(11)12-9-6-4-3-5-7-9/h1,3,5-18H2,2,4H3;10H,4-9H2,1-3H3;9H,1,3-7H2,2H3. The van der Waals surface area contributed by atoms with Gasteiger partial charge in [0.05, 0.1) is 31.8 Å². The summed E-state index contributed by atoms with van der Waals surface area (Å²) in [6, 6.07) is 0. The maximum atomic E-state index is 11.7. The van der Waals surface area contributed by atoms with Crippen LogP contribution in [0.2, 0.25) is 0 Å². The average Bonchev–Trinajstić information content (AvgIpc) is 3.20. The Bertz CT molecular complexity index is 1240. The van der Waals surface area contributed by atoms with Crippen LogP contribution in [-0.4, -0.2) is 87.7 Å². The summed E-state index contributed by atoms with van der Waals surface area (Å²) in [5, 5.41) is 0. The molecule has 0 heterocycles. The zero-order chi connectivity index (χ0) is 44.5. The third-order valence-electron chi connectivity index (χ3n) is 9.63. The van der Waals surface area contributed by atoms with E-state index in [1.165, 1.54) is 38.5 Å². The number of carbonyl (C=O) groups excluding carboxylic acids is 6. The lowest BCUT2D eigenvalue weighted by Gasteiger charge is -2.27. The summed E-state index contributed by atoms with van der Waals surface area (Å²) >= 11 is 0. The number of esters is 6. The molecule has 13 nitrogen and oxygen atoms in total. The Morgan fingerprint density at radius 3 is 1.25 bits per heavy atom. The van der Waals surface area contributed by atoms with Gasteiger partial charge < -0.3 is 33.2 Å². The quantitative estimate of drug-likeness (QED) is 0.0370. The highest BCUT2D eigenvalue weighted by atomic mass is 16.6. The monoisotopic (exact) mass is 837 g/mol. The van der Waals surface area contributed by atoms with Crippen LogP contribution in [0.25, 0.3) is 0 Å². The Morgan fingerprint density at radius 1 is 0.492 bits per heavy atom. The molecule has 0 aromatic carbocycles. The van der Waals surface area contributed by atoms with Gasteiger partial charge in [0.2, 0.25) is 0 Å². The predicted octanol–water partition coefficient (Wildman–Crippen LogP) is 9.19. The first-order valence-electron chi connectivity index (χ1n) is 21.6. The first kappa shape index (κ1) is 55.0. The highest BCUT2D eigenvalue weighted by Gasteiger charge is 2.30. The second-order valence-electron chi connectivity index (χ2n) is 15.9. The van der Waals surface area contributed by atoms with E-state index in [0.717, 1.165) is 44.9 Å². The van der Waals surface area contributed by atoms with Gasteiger partial charge in [0.15, 0.2) is 0 Å². The smallest absolute Gasteiger partial charge is 0.333 e. The Labute approximate surface area is 354 Å². The number of hydrogen-bond donors (Lipinski definition) is 0. The van der Waals surface area contributed by atoms with Gasteiger partial charge in [-0.1, -0.05) is 39.5 Å². The van der Waals surface area contributed by atoms with Gasteiger partial charge in [0, 0.05) is 29.6 Å². The lowest BCUT2D eigenvalue weighted by Crippen LogP contribution is -2.31. The number of unbranched alkanes of at least 4 members (excludes halogenated alkanes) is 4. The summed E-state index contributed by atoms with van der Waals surface area (Å²) in [7, 11) is 0. The largest absolute Gasteiger partial charge is 0.463 e. The van der Waals surface area contributed by atoms with Crippen LogP contribution in [0.5, 0.6) is 0 Å². The summed E-state index contributed by atoms with van der Waals surface area (Å²) in [4.78, 5) is 68.4. The summed E-state index contributed by atoms with van der Waals surface area (Å²) in [5.74, 6) is -1.68. The van der Waals surface area contributed by atoms with E-state index in [9.17, 15) is 28.8 Å². The minimum atomic E-state index is -0.403. The first-order valence-corrected chi connectivity index (χ1v) is 21.6. The van der Waals surface area contributed by atoms with E-state index < -0.39 is 11.9 Å². The molecule has 59 heavy (non-hydrogen) atoms. The van der Waals surface area contributed by atoms with Crippen molar-refractivity contribution >= 4 is 35.8 Å². The first-order chi connectivity index (χ1) is 28.0. The summed E-state index contributed by atoms with van der Waals surface area (Å²) in [6.45, 7) is 22.7. The molecule has 0 unspecified atom stereocenters. The highest BCUT2D eigenvalue weighted by Crippen LogP contribution is 2.27. The molecule has 0 saturated heterocycles. The van der Waals surface area contributed by atoms with Crippen molar-refractivity contribution in [1.29, 1.82) is 0 Å². The molecule has 338 valence electrons. The number of carbonyl (C=O) groups is 6. The zero-order valence-corrected chi connectivity index (χ0v) is 37.3. The molecule has 0 N–H and O–H groups in total. The van der Waals surface area contributed by atoms with Crippen LogP contribution in [0.15, 0.2) is 36.5 Å². The third-order valence-corrected chi connectivity index (χ3v) is 9.63. The van der Waals surface area contributed by atoms with E-state index in [-0.39, 0.29) is 67.9 Å². The van der Waals surface area contributed by atoms with Crippen LogP contribution >= 0.6 is 0 Å². The Morgan fingerprint density at radius 2 is 0.881 bits per heavy atom. The molecule has 2 aliphatic carbocycles. The molecule has 2 rings (SSSR count). The molecular weight excluding hydrogens is 760 g/mol. The maximum Gasteiger partial charge on any atom is 0.333 e. The Hall–Kier alpha value is -4.00. The van der Waals surface area contributed by atoms with Gasteiger partial charge in [-0.3, -0.25) is 14.4 Å². The molecule has 2 saturated carbocycles. The molecule has 0 aromatic heterocycles. The molecule has 2 aliphatic rings. The second kappa shape index (κ2) is 33.8. The molecule has 0 spiro atoms. The minimum absolute atomic E-state index is 0.0214. The molecule has 0 aromatic rings. The molecule has 2 fully saturated rings. The topological polar surface area (TPSA) is 167 Å². The van der Waals surface area contributed by atoms with Gasteiger partial charge in [-0.05, 0) is 131 Å². The van der Waals surface area contributed by atoms with E-state index in [4.69, 9.17) is 33.2 Å². The summed E-state index contributed by atoms with van der Waals surface area (Å²) < 4.78 is 36.0. The van der Waals surface area contributed by atoms with E-state index >= 15 is 0 Å². The number of ether oxygens (including phenoxy) is 7. The van der Waals surface area contributed by atoms with Gasteiger partial charge >= 0.3 is 35.8 Å². The van der Waals surface area contributed by atoms with E-state index in [1.807, 2.05) is 20.8 Å². The molecular formula is C46H76O13. The van der Waals surface area contributed by atoms with E-state index in [1.54, 1.807) is 20.8 Å². The molecule has 0 atom stereocenters. The van der Waals surface area contributed by atoms with E-state index in [0.29, 0.717) is 68.5 Å². The fourth-order valence-corrected chi connectivity index (χ4v) is 5.42. The van der Waals surface area contributed by atoms with Crippen LogP contribution < -0.4 is 0 Å². The van der Waals surface area contributed by atoms with Crippen molar-refractivity contribution in [3.63, 3.8) is 0 Å². The molecule has 0 radical (unpaired) electrons. The van der Waals surface area contributed by atoms with Gasteiger partial charge in [-0.15, -0.1) is 0 Å². The van der Waals surface area contributed by atoms with Crippen molar-refractivity contribution in [2.75, 3.05) is 39.6 Å². The Balaban J connectivity index is 0.00000104. The average molecular weight is 837 g/mol. The third kappa shape index (κ3) is 30.7. The minimum Gasteiger partial charge on any atom is -0.463 e. The molecule has 0 aliphatic heterocycles. The van der Waals surface area contributed by atoms with Gasteiger partial charge in [-0.2, -0.15) is 0 Å². The van der Waals surface area contributed by atoms with Gasteiger partial charge in [0.1, 0.15) is 25.4 Å². The van der Waals surface area contributed by atoms with Gasteiger partial charge in [0.25, 0.3) is 0 Å². The van der Waals surface area contributed by atoms with Gasteiger partial charge in [-0.25, -0.2) is 14.4 Å². The SMILES string of the molecule is C=C(C)C(=O)OC1CCCCC1.C=C(C)C(=O)OCCCCCC(=O)OCCOCCOC(=O)CCCCCOC(=O)C(=C)C.CCC(C)(C)C(=O)OC1CCCCC1. The van der Waals surface area contributed by atoms with E-state index in [2.05, 4.69) is 19.7 Å². The predicted molar refractivity (Wildman–Crippen MR) is 226 cm³/mol. The van der Waals surface area contributed by atoms with Crippen molar-refractivity contribution in [1.82, 2.24) is 0 Å². The fourth-order valence-electron chi connectivity index (χ4n) is 5.42. The lowest BCUT2D eigenvalue weighted by atomic mass is 9.90. The van der Waals surface area contributed by atoms with Crippen LogP contribution in [0.3, 0.4) is 0 Å². The Kier molecular flexibility index (Phi) is 31.5. The molecule has 13 heteroatoms. The van der Waals surface area contributed by atoms with Crippen molar-refractivity contribution in [3.05, 3.63) is 36.5 Å². The van der Waals surface area contributed by atoms with Crippen LogP contribution in [0, 0.1) is 5.41 Å². The summed E-state index contributed by atoms with van der Waals surface area (Å²) in [6.07, 6.45) is 17.5. The molecule has 0 amide bonds. The van der Waals surface area contributed by atoms with Crippen LogP contribution in [-0.2, 0) is 61.9 Å². The normalized spacial score (nSPS) is 14.1. The number of rotatable bonds is 25. The van der Waals surface area contributed by atoms with Crippen molar-refractivity contribution < 1.29 is 61.9 Å². The molecule has 0 bridgehead atoms. The van der Waals surface area contributed by atoms with Crippen molar-refractivity contribution in [3.8, 4) is 0 Å². The number of hydrogen-bond acceptors (Lipinski definition) is 13.